The first-order valence-electron chi connectivity index (χ1n) is 8.99. The summed E-state index contributed by atoms with van der Waals surface area (Å²) in [6.07, 6.45) is 3.06. The van der Waals surface area contributed by atoms with Gasteiger partial charge in [-0.25, -0.2) is 4.98 Å². The molecule has 142 valence electrons. The third kappa shape index (κ3) is 4.55. The van der Waals surface area contributed by atoms with Crippen LogP contribution in [0, 0.1) is 5.92 Å². The highest BCUT2D eigenvalue weighted by Crippen LogP contribution is 2.23. The van der Waals surface area contributed by atoms with Crippen LogP contribution in [0.15, 0.2) is 42.6 Å². The molecular weight excluding hydrogens is 344 g/mol. The highest BCUT2D eigenvalue weighted by Gasteiger charge is 2.25. The zero-order chi connectivity index (χ0) is 19.2. The number of anilines is 1. The Hall–Kier alpha value is -3.09. The summed E-state index contributed by atoms with van der Waals surface area (Å²) in [5.74, 6) is 1.05. The largest absolute Gasteiger partial charge is 0.496 e. The van der Waals surface area contributed by atoms with Crippen molar-refractivity contribution >= 4 is 17.6 Å². The minimum Gasteiger partial charge on any atom is -0.496 e. The number of hydrogen-bond donors (Lipinski definition) is 2. The number of carbonyl (C=O) groups excluding carboxylic acids is 2. The normalized spacial score (nSPS) is 14.6. The zero-order valence-electron chi connectivity index (χ0n) is 15.4. The van der Waals surface area contributed by atoms with Gasteiger partial charge in [0.2, 0.25) is 11.8 Å². The van der Waals surface area contributed by atoms with Gasteiger partial charge in [-0.05, 0) is 31.0 Å². The van der Waals surface area contributed by atoms with Gasteiger partial charge < -0.3 is 20.7 Å². The van der Waals surface area contributed by atoms with Crippen molar-refractivity contribution in [3.05, 3.63) is 53.7 Å². The number of aromatic nitrogens is 1. The van der Waals surface area contributed by atoms with Gasteiger partial charge in [0, 0.05) is 42.9 Å². The van der Waals surface area contributed by atoms with E-state index in [2.05, 4.69) is 15.2 Å². The molecule has 1 fully saturated rings. The summed E-state index contributed by atoms with van der Waals surface area (Å²) in [7, 11) is 1.62. The maximum Gasteiger partial charge on any atom is 0.248 e. The third-order valence-electron chi connectivity index (χ3n) is 4.87. The van der Waals surface area contributed by atoms with Gasteiger partial charge in [0.25, 0.3) is 0 Å². The third-order valence-corrected chi connectivity index (χ3v) is 4.87. The lowest BCUT2D eigenvalue weighted by molar-refractivity contribution is -0.125. The van der Waals surface area contributed by atoms with Crippen LogP contribution >= 0.6 is 0 Å². The number of nitrogens with two attached hydrogens (primary N) is 1. The molecule has 3 rings (SSSR count). The summed E-state index contributed by atoms with van der Waals surface area (Å²) in [5.41, 5.74) is 6.73. The Kier molecular flexibility index (Phi) is 5.90. The average Bonchev–Trinajstić information content (AvgIpc) is 2.72. The number of rotatable bonds is 6. The molecule has 7 heteroatoms. The van der Waals surface area contributed by atoms with Gasteiger partial charge in [-0.2, -0.15) is 0 Å². The number of nitrogens with zero attached hydrogens (tertiary/aromatic N) is 2. The number of methoxy groups -OCH3 is 1. The number of benzene rings is 1. The van der Waals surface area contributed by atoms with Crippen LogP contribution in [0.1, 0.15) is 28.8 Å². The van der Waals surface area contributed by atoms with Gasteiger partial charge in [0.1, 0.15) is 11.6 Å². The highest BCUT2D eigenvalue weighted by atomic mass is 16.5. The summed E-state index contributed by atoms with van der Waals surface area (Å²) < 4.78 is 5.31. The standard InChI is InChI=1S/C20H24N4O3/c1-27-17-5-3-2-4-16(17)13-23-20(26)14-7-10-24(11-8-14)18-12-15(19(21)25)6-9-22-18/h2-6,9,12,14H,7-8,10-11,13H2,1H3,(H2,21,25)(H,23,26). The molecule has 1 aromatic heterocycles. The van der Waals surface area contributed by atoms with E-state index in [9.17, 15) is 9.59 Å². The van der Waals surface area contributed by atoms with Crippen molar-refractivity contribution < 1.29 is 14.3 Å². The first-order chi connectivity index (χ1) is 13.1. The smallest absolute Gasteiger partial charge is 0.248 e. The van der Waals surface area contributed by atoms with Crippen molar-refractivity contribution in [1.82, 2.24) is 10.3 Å². The molecule has 0 unspecified atom stereocenters. The summed E-state index contributed by atoms with van der Waals surface area (Å²) in [6.45, 7) is 1.87. The van der Waals surface area contributed by atoms with E-state index in [-0.39, 0.29) is 11.8 Å². The van der Waals surface area contributed by atoms with Crippen LogP contribution in [0.3, 0.4) is 0 Å². The molecule has 0 bridgehead atoms. The van der Waals surface area contributed by atoms with E-state index in [1.807, 2.05) is 24.3 Å². The lowest BCUT2D eigenvalue weighted by Gasteiger charge is -2.32. The number of pyridine rings is 1. The Morgan fingerprint density at radius 3 is 2.70 bits per heavy atom. The van der Waals surface area contributed by atoms with E-state index >= 15 is 0 Å². The Balaban J connectivity index is 1.53. The van der Waals surface area contributed by atoms with Crippen LogP contribution in [0.25, 0.3) is 0 Å². The minimum absolute atomic E-state index is 0.0321. The monoisotopic (exact) mass is 368 g/mol. The van der Waals surface area contributed by atoms with E-state index < -0.39 is 5.91 Å². The summed E-state index contributed by atoms with van der Waals surface area (Å²) in [5, 5.41) is 3.01. The van der Waals surface area contributed by atoms with Crippen molar-refractivity contribution in [2.45, 2.75) is 19.4 Å². The van der Waals surface area contributed by atoms with E-state index in [1.54, 1.807) is 25.4 Å². The number of primary amides is 1. The van der Waals surface area contributed by atoms with Gasteiger partial charge >= 0.3 is 0 Å². The topological polar surface area (TPSA) is 97.5 Å². The molecule has 1 aromatic carbocycles. The van der Waals surface area contributed by atoms with Crippen molar-refractivity contribution in [3.8, 4) is 5.75 Å². The number of hydrogen-bond acceptors (Lipinski definition) is 5. The lowest BCUT2D eigenvalue weighted by atomic mass is 9.95. The molecule has 2 heterocycles. The van der Waals surface area contributed by atoms with E-state index in [4.69, 9.17) is 10.5 Å². The molecule has 0 saturated carbocycles. The molecule has 0 aliphatic carbocycles. The quantitative estimate of drug-likeness (QED) is 0.809. The molecule has 2 aromatic rings. The predicted molar refractivity (Wildman–Crippen MR) is 103 cm³/mol. The second-order valence-corrected chi connectivity index (χ2v) is 6.56. The SMILES string of the molecule is COc1ccccc1CNC(=O)C1CCN(c2cc(C(N)=O)ccn2)CC1. The van der Waals surface area contributed by atoms with Gasteiger partial charge in [-0.1, -0.05) is 18.2 Å². The Labute approximate surface area is 158 Å². The zero-order valence-corrected chi connectivity index (χ0v) is 15.4. The number of piperidine rings is 1. The van der Waals surface area contributed by atoms with E-state index in [0.717, 1.165) is 30.0 Å². The summed E-state index contributed by atoms with van der Waals surface area (Å²) in [6, 6.07) is 11.0. The molecule has 27 heavy (non-hydrogen) atoms. The van der Waals surface area contributed by atoms with E-state index in [0.29, 0.717) is 25.2 Å². The molecule has 2 amide bonds. The van der Waals surface area contributed by atoms with Crippen molar-refractivity contribution in [3.63, 3.8) is 0 Å². The fraction of sp³-hybridized carbons (Fsp3) is 0.350. The molecule has 0 spiro atoms. The van der Waals surface area contributed by atoms with E-state index in [1.165, 1.54) is 0 Å². The number of ether oxygens (including phenoxy) is 1. The van der Waals surface area contributed by atoms with Gasteiger partial charge in [0.05, 0.1) is 7.11 Å². The average molecular weight is 368 g/mol. The van der Waals surface area contributed by atoms with Gasteiger partial charge in [0.15, 0.2) is 0 Å². The molecule has 7 nitrogen and oxygen atoms in total. The van der Waals surface area contributed by atoms with Crippen LogP contribution in [0.4, 0.5) is 5.82 Å². The Morgan fingerprint density at radius 2 is 2.00 bits per heavy atom. The van der Waals surface area contributed by atoms with Crippen LogP contribution in [0.5, 0.6) is 5.75 Å². The molecule has 0 radical (unpaired) electrons. The fourth-order valence-corrected chi connectivity index (χ4v) is 3.29. The summed E-state index contributed by atoms with van der Waals surface area (Å²) >= 11 is 0. The summed E-state index contributed by atoms with van der Waals surface area (Å²) in [4.78, 5) is 30.2. The van der Waals surface area contributed by atoms with Crippen molar-refractivity contribution in [2.24, 2.45) is 11.7 Å². The molecule has 3 N–H and O–H groups in total. The van der Waals surface area contributed by atoms with Crippen LogP contribution in [-0.4, -0.2) is 37.0 Å². The molecule has 1 aliphatic rings. The number of amides is 2. The Bertz CT molecular complexity index is 816. The first-order valence-corrected chi connectivity index (χ1v) is 8.99. The molecule has 1 saturated heterocycles. The molecule has 1 aliphatic heterocycles. The van der Waals surface area contributed by atoms with Crippen LogP contribution in [-0.2, 0) is 11.3 Å². The maximum absolute atomic E-state index is 12.5. The number of para-hydroxylation sites is 1. The van der Waals surface area contributed by atoms with Gasteiger partial charge in [-0.15, -0.1) is 0 Å². The first kappa shape index (κ1) is 18.7. The maximum atomic E-state index is 12.5. The fourth-order valence-electron chi connectivity index (χ4n) is 3.29. The molecule has 0 atom stereocenters. The number of carbonyl (C=O) groups is 2. The lowest BCUT2D eigenvalue weighted by Crippen LogP contribution is -2.40. The van der Waals surface area contributed by atoms with Crippen molar-refractivity contribution in [1.29, 1.82) is 0 Å². The van der Waals surface area contributed by atoms with Gasteiger partial charge in [-0.3, -0.25) is 9.59 Å². The highest BCUT2D eigenvalue weighted by molar-refractivity contribution is 5.93. The second-order valence-electron chi connectivity index (χ2n) is 6.56. The number of nitrogens with one attached hydrogen (secondary N) is 1. The molecular formula is C20H24N4O3. The van der Waals surface area contributed by atoms with Crippen LogP contribution < -0.4 is 20.7 Å². The van der Waals surface area contributed by atoms with Crippen molar-refractivity contribution in [2.75, 3.05) is 25.1 Å². The Morgan fingerprint density at radius 1 is 1.26 bits per heavy atom. The van der Waals surface area contributed by atoms with Crippen LogP contribution in [0.2, 0.25) is 0 Å². The minimum atomic E-state index is -0.468. The predicted octanol–water partition coefficient (Wildman–Crippen LogP) is 1.72. The second kappa shape index (κ2) is 8.53.